The second-order valence-corrected chi connectivity index (χ2v) is 8.17. The molecule has 0 rings (SSSR count). The molecule has 0 aromatic carbocycles. The third-order valence-electron chi connectivity index (χ3n) is 3.62. The quantitative estimate of drug-likeness (QED) is 0.189. The van der Waals surface area contributed by atoms with Crippen LogP contribution < -0.4 is 10.6 Å². The van der Waals surface area contributed by atoms with Crippen LogP contribution in [0.3, 0.4) is 0 Å². The van der Waals surface area contributed by atoms with Crippen LogP contribution in [-0.2, 0) is 42.9 Å². The van der Waals surface area contributed by atoms with E-state index >= 15 is 0 Å². The third-order valence-corrected chi connectivity index (χ3v) is 3.62. The monoisotopic (exact) mass is 476 g/mol. The first-order valence-corrected chi connectivity index (χ1v) is 11.2. The Kier molecular flexibility index (Phi) is 18.2. The molecule has 2 N–H and O–H groups in total. The minimum atomic E-state index is -0.520. The Labute approximate surface area is 196 Å². The topological polar surface area (TPSA) is 138 Å². The van der Waals surface area contributed by atoms with Crippen LogP contribution >= 0.6 is 0 Å². The minimum Gasteiger partial charge on any atom is -0.460 e. The summed E-state index contributed by atoms with van der Waals surface area (Å²) in [6.45, 7) is 9.43. The summed E-state index contributed by atoms with van der Waals surface area (Å²) in [6.07, 6.45) is 0.881. The highest BCUT2D eigenvalue weighted by Crippen LogP contribution is 2.09. The van der Waals surface area contributed by atoms with Crippen molar-refractivity contribution in [3.8, 4) is 0 Å². The Morgan fingerprint density at radius 3 is 1.73 bits per heavy atom. The van der Waals surface area contributed by atoms with Crippen molar-refractivity contribution in [2.45, 2.75) is 52.6 Å². The van der Waals surface area contributed by atoms with E-state index in [0.29, 0.717) is 52.5 Å². The zero-order chi connectivity index (χ0) is 25.0. The van der Waals surface area contributed by atoms with Crippen LogP contribution in [0.2, 0.25) is 0 Å². The van der Waals surface area contributed by atoms with Gasteiger partial charge in [0.15, 0.2) is 5.78 Å². The van der Waals surface area contributed by atoms with Crippen molar-refractivity contribution in [1.82, 2.24) is 10.6 Å². The molecule has 0 bridgehead atoms. The van der Waals surface area contributed by atoms with Gasteiger partial charge in [0.2, 0.25) is 11.8 Å². The number of ketones is 1. The second kappa shape index (κ2) is 19.4. The van der Waals surface area contributed by atoms with Gasteiger partial charge >= 0.3 is 5.97 Å². The van der Waals surface area contributed by atoms with Gasteiger partial charge in [-0.1, -0.05) is 0 Å². The van der Waals surface area contributed by atoms with Crippen LogP contribution in [0.15, 0.2) is 0 Å². The predicted octanol–water partition coefficient (Wildman–Crippen LogP) is 0.386. The average molecular weight is 477 g/mol. The van der Waals surface area contributed by atoms with E-state index in [1.54, 1.807) is 20.8 Å². The summed E-state index contributed by atoms with van der Waals surface area (Å²) >= 11 is 0. The van der Waals surface area contributed by atoms with Crippen molar-refractivity contribution in [2.24, 2.45) is 0 Å². The van der Waals surface area contributed by atoms with E-state index in [2.05, 4.69) is 10.6 Å². The Morgan fingerprint density at radius 2 is 1.18 bits per heavy atom. The van der Waals surface area contributed by atoms with Crippen molar-refractivity contribution < 1.29 is 42.9 Å². The number of nitrogens with one attached hydrogen (secondary N) is 2. The maximum Gasteiger partial charge on any atom is 0.306 e. The van der Waals surface area contributed by atoms with Gasteiger partial charge in [-0.3, -0.25) is 19.2 Å². The number of ether oxygens (including phenoxy) is 5. The average Bonchev–Trinajstić information content (AvgIpc) is 2.70. The van der Waals surface area contributed by atoms with Gasteiger partial charge in [-0.2, -0.15) is 0 Å². The molecule has 0 saturated carbocycles. The highest BCUT2D eigenvalue weighted by molar-refractivity contribution is 5.77. The van der Waals surface area contributed by atoms with Crippen LogP contribution in [0.1, 0.15) is 47.0 Å². The molecule has 0 saturated heterocycles. The zero-order valence-corrected chi connectivity index (χ0v) is 20.4. The van der Waals surface area contributed by atoms with Crippen LogP contribution in [0.25, 0.3) is 0 Å². The largest absolute Gasteiger partial charge is 0.460 e. The third kappa shape index (κ3) is 24.4. The Hall–Kier alpha value is -2.08. The van der Waals surface area contributed by atoms with Gasteiger partial charge in [0.05, 0.1) is 39.6 Å². The number of amides is 2. The highest BCUT2D eigenvalue weighted by atomic mass is 16.6. The van der Waals surface area contributed by atoms with Gasteiger partial charge in [-0.05, 0) is 34.1 Å². The molecule has 0 aliphatic rings. The normalized spacial score (nSPS) is 11.2. The summed E-state index contributed by atoms with van der Waals surface area (Å²) in [7, 11) is 0. The van der Waals surface area contributed by atoms with Crippen LogP contribution in [0, 0.1) is 0 Å². The Bertz CT molecular complexity index is 577. The van der Waals surface area contributed by atoms with Gasteiger partial charge < -0.3 is 34.3 Å². The van der Waals surface area contributed by atoms with E-state index in [0.717, 1.165) is 0 Å². The molecule has 0 spiro atoms. The summed E-state index contributed by atoms with van der Waals surface area (Å²) in [4.78, 5) is 45.5. The van der Waals surface area contributed by atoms with Crippen LogP contribution in [0.4, 0.5) is 0 Å². The van der Waals surface area contributed by atoms with Crippen LogP contribution in [0.5, 0.6) is 0 Å². The molecule has 11 nitrogen and oxygen atoms in total. The minimum absolute atomic E-state index is 0.0387. The standard InChI is InChI=1S/C22H40N2O9/c1-18(25)16-31-14-12-30-11-9-24-20(27)17-32-15-13-29-10-8-23-19(26)6-5-7-21(28)33-22(2,3)4/h5-17H2,1-4H3,(H,23,26)(H,24,27). The first-order valence-electron chi connectivity index (χ1n) is 11.2. The Morgan fingerprint density at radius 1 is 0.667 bits per heavy atom. The number of rotatable bonds is 20. The summed E-state index contributed by atoms with van der Waals surface area (Å²) in [6, 6.07) is 0. The number of carbonyl (C=O) groups excluding carboxylic acids is 4. The first kappa shape index (κ1) is 30.9. The molecule has 0 heterocycles. The molecule has 2 amide bonds. The van der Waals surface area contributed by atoms with E-state index in [9.17, 15) is 19.2 Å². The van der Waals surface area contributed by atoms with Crippen molar-refractivity contribution >= 4 is 23.6 Å². The van der Waals surface area contributed by atoms with Gasteiger partial charge in [0.25, 0.3) is 0 Å². The lowest BCUT2D eigenvalue weighted by Gasteiger charge is -2.19. The molecular formula is C22H40N2O9. The van der Waals surface area contributed by atoms with E-state index < -0.39 is 5.60 Å². The van der Waals surface area contributed by atoms with Crippen molar-refractivity contribution in [2.75, 3.05) is 65.9 Å². The lowest BCUT2D eigenvalue weighted by molar-refractivity contribution is -0.154. The van der Waals surface area contributed by atoms with E-state index in [-0.39, 0.29) is 56.2 Å². The first-order chi connectivity index (χ1) is 15.6. The number of Topliss-reactive ketones (excluding diaryl/α,β-unsaturated/α-hetero) is 1. The number of hydrogen-bond donors (Lipinski definition) is 2. The van der Waals surface area contributed by atoms with E-state index in [1.807, 2.05) is 0 Å². The lowest BCUT2D eigenvalue weighted by Crippen LogP contribution is -2.31. The fraction of sp³-hybridized carbons (Fsp3) is 0.818. The summed E-state index contributed by atoms with van der Waals surface area (Å²) in [5.41, 5.74) is -0.520. The molecule has 11 heteroatoms. The molecule has 0 aliphatic heterocycles. The Balaban J connectivity index is 3.41. The summed E-state index contributed by atoms with van der Waals surface area (Å²) in [5.74, 6) is -0.760. The zero-order valence-electron chi connectivity index (χ0n) is 20.4. The molecule has 0 aromatic rings. The number of hydrogen-bond acceptors (Lipinski definition) is 9. The van der Waals surface area contributed by atoms with Gasteiger partial charge in [0, 0.05) is 25.9 Å². The molecule has 0 unspecified atom stereocenters. The predicted molar refractivity (Wildman–Crippen MR) is 120 cm³/mol. The summed E-state index contributed by atoms with van der Waals surface area (Å²) < 4.78 is 26.0. The van der Waals surface area contributed by atoms with Crippen molar-refractivity contribution in [1.29, 1.82) is 0 Å². The summed E-state index contributed by atoms with van der Waals surface area (Å²) in [5, 5.41) is 5.36. The second-order valence-electron chi connectivity index (χ2n) is 8.17. The highest BCUT2D eigenvalue weighted by Gasteiger charge is 2.16. The molecule has 0 aliphatic carbocycles. The fourth-order valence-electron chi connectivity index (χ4n) is 2.27. The van der Waals surface area contributed by atoms with Gasteiger partial charge in [0.1, 0.15) is 18.8 Å². The molecule has 0 fully saturated rings. The molecular weight excluding hydrogens is 436 g/mol. The number of esters is 1. The lowest BCUT2D eigenvalue weighted by atomic mass is 10.2. The molecule has 192 valence electrons. The van der Waals surface area contributed by atoms with Crippen LogP contribution in [-0.4, -0.2) is 95.1 Å². The molecule has 0 radical (unpaired) electrons. The van der Waals surface area contributed by atoms with E-state index in [4.69, 9.17) is 23.7 Å². The molecule has 33 heavy (non-hydrogen) atoms. The molecule has 0 aromatic heterocycles. The van der Waals surface area contributed by atoms with Crippen molar-refractivity contribution in [3.63, 3.8) is 0 Å². The van der Waals surface area contributed by atoms with E-state index in [1.165, 1.54) is 6.92 Å². The van der Waals surface area contributed by atoms with Gasteiger partial charge in [-0.15, -0.1) is 0 Å². The SMILES string of the molecule is CC(=O)COCCOCCNC(=O)COCCOCCNC(=O)CCCC(=O)OC(C)(C)C. The smallest absolute Gasteiger partial charge is 0.306 e. The fourth-order valence-corrected chi connectivity index (χ4v) is 2.27. The number of carbonyl (C=O) groups is 4. The maximum atomic E-state index is 11.7. The van der Waals surface area contributed by atoms with Gasteiger partial charge in [-0.25, -0.2) is 0 Å². The molecule has 0 atom stereocenters. The van der Waals surface area contributed by atoms with Crippen molar-refractivity contribution in [3.05, 3.63) is 0 Å². The maximum absolute atomic E-state index is 11.7.